The van der Waals surface area contributed by atoms with Gasteiger partial charge >= 0.3 is 0 Å². The molecule has 1 amide bonds. The zero-order valence-electron chi connectivity index (χ0n) is 16.8. The molecule has 0 N–H and O–H groups in total. The van der Waals surface area contributed by atoms with Gasteiger partial charge in [-0.15, -0.1) is 0 Å². The Bertz CT molecular complexity index is 979. The van der Waals surface area contributed by atoms with Gasteiger partial charge in [0.2, 0.25) is 0 Å². The summed E-state index contributed by atoms with van der Waals surface area (Å²) in [6.45, 7) is 4.93. The van der Waals surface area contributed by atoms with Crippen LogP contribution >= 0.6 is 0 Å². The molecule has 5 nitrogen and oxygen atoms in total. The quantitative estimate of drug-likeness (QED) is 0.678. The van der Waals surface area contributed by atoms with Crippen molar-refractivity contribution in [3.05, 3.63) is 78.0 Å². The highest BCUT2D eigenvalue weighted by Gasteiger charge is 2.24. The highest BCUT2D eigenvalue weighted by atomic mass is 16.5. The summed E-state index contributed by atoms with van der Waals surface area (Å²) in [5.74, 6) is 0.911. The number of aryl methyl sites for hydroxylation is 1. The largest absolute Gasteiger partial charge is 0.497 e. The molecule has 1 aliphatic heterocycles. The second kappa shape index (κ2) is 8.35. The molecule has 1 saturated heterocycles. The fourth-order valence-electron chi connectivity index (χ4n) is 3.69. The molecule has 0 aliphatic carbocycles. The predicted molar refractivity (Wildman–Crippen MR) is 116 cm³/mol. The maximum atomic E-state index is 13.0. The van der Waals surface area contributed by atoms with E-state index in [-0.39, 0.29) is 5.91 Å². The van der Waals surface area contributed by atoms with Crippen molar-refractivity contribution in [3.8, 4) is 17.0 Å². The van der Waals surface area contributed by atoms with Gasteiger partial charge in [-0.3, -0.25) is 9.78 Å². The lowest BCUT2D eigenvalue weighted by molar-refractivity contribution is 0.0745. The van der Waals surface area contributed by atoms with E-state index in [1.165, 1.54) is 0 Å². The number of carbonyl (C=O) groups is 1. The third-order valence-electron chi connectivity index (χ3n) is 5.39. The molecule has 1 aliphatic rings. The second-order valence-electron chi connectivity index (χ2n) is 7.17. The highest BCUT2D eigenvalue weighted by Crippen LogP contribution is 2.22. The van der Waals surface area contributed by atoms with Crippen molar-refractivity contribution >= 4 is 11.6 Å². The van der Waals surface area contributed by atoms with Crippen molar-refractivity contribution < 1.29 is 9.53 Å². The molecule has 1 fully saturated rings. The molecule has 29 heavy (non-hydrogen) atoms. The van der Waals surface area contributed by atoms with E-state index in [0.717, 1.165) is 41.5 Å². The summed E-state index contributed by atoms with van der Waals surface area (Å²) < 4.78 is 5.22. The highest BCUT2D eigenvalue weighted by molar-refractivity contribution is 5.95. The molecule has 0 bridgehead atoms. The third-order valence-corrected chi connectivity index (χ3v) is 5.39. The van der Waals surface area contributed by atoms with Gasteiger partial charge in [0.05, 0.1) is 24.1 Å². The number of ether oxygens (including phenoxy) is 1. The average molecular weight is 387 g/mol. The zero-order valence-corrected chi connectivity index (χ0v) is 16.8. The number of carbonyl (C=O) groups excluding carboxylic acids is 1. The number of nitrogens with zero attached hydrogens (tertiary/aromatic N) is 3. The summed E-state index contributed by atoms with van der Waals surface area (Å²) >= 11 is 0. The fraction of sp³-hybridized carbons (Fsp3) is 0.250. The van der Waals surface area contributed by atoms with Gasteiger partial charge in [0.1, 0.15) is 5.75 Å². The van der Waals surface area contributed by atoms with Gasteiger partial charge in [0, 0.05) is 37.4 Å². The minimum Gasteiger partial charge on any atom is -0.497 e. The van der Waals surface area contributed by atoms with Gasteiger partial charge in [-0.1, -0.05) is 30.3 Å². The smallest absolute Gasteiger partial charge is 0.255 e. The molecule has 4 rings (SSSR count). The lowest BCUT2D eigenvalue weighted by atomic mass is 10.1. The molecule has 0 saturated carbocycles. The number of rotatable bonds is 4. The van der Waals surface area contributed by atoms with E-state index in [9.17, 15) is 4.79 Å². The minimum atomic E-state index is 0.0593. The molecule has 2 heterocycles. The maximum absolute atomic E-state index is 13.0. The van der Waals surface area contributed by atoms with Crippen LogP contribution in [0.2, 0.25) is 0 Å². The van der Waals surface area contributed by atoms with Crippen LogP contribution in [0, 0.1) is 6.92 Å². The standard InChI is InChI=1S/C24H25N3O2/c1-18-22(12-13-23(25-18)19-6-4-3-5-7-19)24(28)27-16-14-26(15-17-27)20-8-10-21(29-2)11-9-20/h3-13H,14-17H2,1-2H3. The molecule has 2 aromatic carbocycles. The van der Waals surface area contributed by atoms with Crippen LogP contribution in [0.25, 0.3) is 11.3 Å². The number of hydrogen-bond acceptors (Lipinski definition) is 4. The van der Waals surface area contributed by atoms with Gasteiger partial charge in [-0.2, -0.15) is 0 Å². The normalized spacial score (nSPS) is 14.0. The fourth-order valence-corrected chi connectivity index (χ4v) is 3.69. The molecular weight excluding hydrogens is 362 g/mol. The van der Waals surface area contributed by atoms with E-state index in [1.54, 1.807) is 7.11 Å². The third kappa shape index (κ3) is 4.09. The topological polar surface area (TPSA) is 45.7 Å². The van der Waals surface area contributed by atoms with Crippen LogP contribution in [0.4, 0.5) is 5.69 Å². The van der Waals surface area contributed by atoms with Crippen molar-refractivity contribution in [1.82, 2.24) is 9.88 Å². The van der Waals surface area contributed by atoms with Gasteiger partial charge in [0.25, 0.3) is 5.91 Å². The number of amides is 1. The van der Waals surface area contributed by atoms with Crippen molar-refractivity contribution in [2.45, 2.75) is 6.92 Å². The van der Waals surface area contributed by atoms with Crippen LogP contribution in [0.3, 0.4) is 0 Å². The number of anilines is 1. The summed E-state index contributed by atoms with van der Waals surface area (Å²) in [5.41, 5.74) is 4.56. The van der Waals surface area contributed by atoms with Crippen LogP contribution < -0.4 is 9.64 Å². The molecular formula is C24H25N3O2. The number of hydrogen-bond donors (Lipinski definition) is 0. The van der Waals surface area contributed by atoms with Crippen LogP contribution in [0.1, 0.15) is 16.1 Å². The Kier molecular flexibility index (Phi) is 5.47. The molecule has 0 unspecified atom stereocenters. The van der Waals surface area contributed by atoms with Crippen LogP contribution in [-0.2, 0) is 0 Å². The second-order valence-corrected chi connectivity index (χ2v) is 7.17. The first-order valence-electron chi connectivity index (χ1n) is 9.87. The summed E-state index contributed by atoms with van der Waals surface area (Å²) in [5, 5.41) is 0. The first kappa shape index (κ1) is 19.0. The molecule has 5 heteroatoms. The van der Waals surface area contributed by atoms with Gasteiger partial charge in [-0.25, -0.2) is 0 Å². The summed E-state index contributed by atoms with van der Waals surface area (Å²) in [6, 6.07) is 21.9. The van der Waals surface area contributed by atoms with E-state index in [4.69, 9.17) is 4.74 Å². The van der Waals surface area contributed by atoms with Crippen LogP contribution in [0.5, 0.6) is 5.75 Å². The Balaban J connectivity index is 1.43. The lowest BCUT2D eigenvalue weighted by Gasteiger charge is -2.36. The van der Waals surface area contributed by atoms with Crippen molar-refractivity contribution in [1.29, 1.82) is 0 Å². The Morgan fingerprint density at radius 2 is 1.59 bits per heavy atom. The Morgan fingerprint density at radius 3 is 2.21 bits per heavy atom. The van der Waals surface area contributed by atoms with Crippen LogP contribution in [-0.4, -0.2) is 49.1 Å². The van der Waals surface area contributed by atoms with Gasteiger partial charge in [0.15, 0.2) is 0 Å². The number of aromatic nitrogens is 1. The predicted octanol–water partition coefficient (Wildman–Crippen LogP) is 4.03. The zero-order chi connectivity index (χ0) is 20.2. The number of piperazine rings is 1. The Morgan fingerprint density at radius 1 is 0.897 bits per heavy atom. The summed E-state index contributed by atoms with van der Waals surface area (Å²) in [7, 11) is 1.67. The Labute approximate surface area is 171 Å². The maximum Gasteiger partial charge on any atom is 0.255 e. The first-order valence-corrected chi connectivity index (χ1v) is 9.87. The van der Waals surface area contributed by atoms with Crippen molar-refractivity contribution in [2.75, 3.05) is 38.2 Å². The lowest BCUT2D eigenvalue weighted by Crippen LogP contribution is -2.49. The minimum absolute atomic E-state index is 0.0593. The van der Waals surface area contributed by atoms with Crippen molar-refractivity contribution in [3.63, 3.8) is 0 Å². The molecule has 0 radical (unpaired) electrons. The average Bonchev–Trinajstić information content (AvgIpc) is 2.79. The SMILES string of the molecule is COc1ccc(N2CCN(C(=O)c3ccc(-c4ccccc4)nc3C)CC2)cc1. The van der Waals surface area contributed by atoms with E-state index in [2.05, 4.69) is 22.0 Å². The number of benzene rings is 2. The van der Waals surface area contributed by atoms with E-state index < -0.39 is 0 Å². The molecule has 1 aromatic heterocycles. The number of pyridine rings is 1. The van der Waals surface area contributed by atoms with E-state index in [1.807, 2.05) is 66.4 Å². The first-order chi connectivity index (χ1) is 14.2. The van der Waals surface area contributed by atoms with Gasteiger partial charge in [-0.05, 0) is 43.3 Å². The van der Waals surface area contributed by atoms with Crippen LogP contribution in [0.15, 0.2) is 66.7 Å². The molecule has 3 aromatic rings. The van der Waals surface area contributed by atoms with E-state index in [0.29, 0.717) is 18.7 Å². The summed E-state index contributed by atoms with van der Waals surface area (Å²) in [6.07, 6.45) is 0. The molecule has 148 valence electrons. The Hall–Kier alpha value is -3.34. The number of methoxy groups -OCH3 is 1. The van der Waals surface area contributed by atoms with Gasteiger partial charge < -0.3 is 14.5 Å². The van der Waals surface area contributed by atoms with Crippen molar-refractivity contribution in [2.24, 2.45) is 0 Å². The monoisotopic (exact) mass is 387 g/mol. The van der Waals surface area contributed by atoms with E-state index >= 15 is 0 Å². The molecule has 0 spiro atoms. The molecule has 0 atom stereocenters. The summed E-state index contributed by atoms with van der Waals surface area (Å²) in [4.78, 5) is 21.9.